The lowest BCUT2D eigenvalue weighted by Crippen LogP contribution is -2.45. The Hall–Kier alpha value is -3.18. The van der Waals surface area contributed by atoms with Gasteiger partial charge in [-0.2, -0.15) is 4.98 Å². The van der Waals surface area contributed by atoms with Crippen molar-refractivity contribution in [2.75, 3.05) is 74.1 Å². The normalized spacial score (nSPS) is 21.2. The zero-order chi connectivity index (χ0) is 23.5. The third kappa shape index (κ3) is 5.15. The van der Waals surface area contributed by atoms with Crippen molar-refractivity contribution in [3.05, 3.63) is 41.2 Å². The van der Waals surface area contributed by atoms with Crippen LogP contribution in [0.25, 0.3) is 6.08 Å². The predicted octanol–water partition coefficient (Wildman–Crippen LogP) is 1.66. The maximum absolute atomic E-state index is 12.1. The number of pyridine rings is 1. The number of rotatable bonds is 4. The van der Waals surface area contributed by atoms with E-state index in [9.17, 15) is 9.59 Å². The smallest absolute Gasteiger partial charge is 0.290 e. The maximum atomic E-state index is 12.1. The third-order valence-electron chi connectivity index (χ3n) is 6.28. The molecular formula is C23H28N8O2S. The number of hydrogen-bond acceptors (Lipinski definition) is 10. The van der Waals surface area contributed by atoms with Crippen molar-refractivity contribution >= 4 is 46.4 Å². The molecule has 0 radical (unpaired) electrons. The number of likely N-dealkylation sites (N-methyl/N-ethyl adjacent to an activating group) is 1. The van der Waals surface area contributed by atoms with Crippen LogP contribution in [-0.2, 0) is 4.79 Å². The van der Waals surface area contributed by atoms with Crippen LogP contribution in [0.1, 0.15) is 12.1 Å². The summed E-state index contributed by atoms with van der Waals surface area (Å²) >= 11 is 0.908. The van der Waals surface area contributed by atoms with Gasteiger partial charge in [0.05, 0.1) is 10.6 Å². The van der Waals surface area contributed by atoms with Crippen molar-refractivity contribution in [3.63, 3.8) is 0 Å². The predicted molar refractivity (Wildman–Crippen MR) is 134 cm³/mol. The molecule has 5 heterocycles. The number of hydrogen-bond donors (Lipinski definition) is 1. The summed E-state index contributed by atoms with van der Waals surface area (Å²) in [7, 11) is 2.12. The molecule has 0 saturated carbocycles. The maximum Gasteiger partial charge on any atom is 0.290 e. The van der Waals surface area contributed by atoms with E-state index < -0.39 is 0 Å². The molecule has 10 nitrogen and oxygen atoms in total. The Morgan fingerprint density at radius 3 is 2.35 bits per heavy atom. The van der Waals surface area contributed by atoms with Gasteiger partial charge in [-0.3, -0.25) is 19.9 Å². The van der Waals surface area contributed by atoms with Crippen LogP contribution in [0.15, 0.2) is 35.5 Å². The Bertz CT molecular complexity index is 1090. The van der Waals surface area contributed by atoms with Crippen molar-refractivity contribution in [1.82, 2.24) is 25.2 Å². The van der Waals surface area contributed by atoms with Crippen molar-refractivity contribution in [2.45, 2.75) is 6.42 Å². The molecule has 0 aliphatic carbocycles. The van der Waals surface area contributed by atoms with Gasteiger partial charge in [0.15, 0.2) is 0 Å². The number of carbonyl (C=O) groups excluding carboxylic acids is 2. The highest BCUT2D eigenvalue weighted by atomic mass is 32.2. The number of nitrogens with one attached hydrogen (secondary N) is 1. The summed E-state index contributed by atoms with van der Waals surface area (Å²) in [6.07, 6.45) is 6.31. The van der Waals surface area contributed by atoms with Crippen LogP contribution >= 0.6 is 11.8 Å². The van der Waals surface area contributed by atoms with E-state index in [4.69, 9.17) is 9.97 Å². The first-order chi connectivity index (χ1) is 16.5. The van der Waals surface area contributed by atoms with E-state index in [1.165, 1.54) is 5.69 Å². The molecule has 2 aromatic rings. The third-order valence-corrected chi connectivity index (χ3v) is 7.09. The molecule has 0 unspecified atom stereocenters. The fraction of sp³-hybridized carbons (Fsp3) is 0.435. The molecule has 0 aromatic carbocycles. The Kier molecular flexibility index (Phi) is 6.63. The molecule has 178 valence electrons. The number of carbonyl (C=O) groups is 2. The number of aromatic nitrogens is 3. The summed E-state index contributed by atoms with van der Waals surface area (Å²) in [4.78, 5) is 47.1. The van der Waals surface area contributed by atoms with E-state index in [-0.39, 0.29) is 11.1 Å². The van der Waals surface area contributed by atoms with Gasteiger partial charge in [0.1, 0.15) is 5.82 Å². The number of nitrogens with zero attached hydrogens (tertiary/aromatic N) is 7. The fourth-order valence-corrected chi connectivity index (χ4v) is 5.01. The van der Waals surface area contributed by atoms with Crippen molar-refractivity contribution < 1.29 is 9.59 Å². The van der Waals surface area contributed by atoms with E-state index in [0.717, 1.165) is 76.4 Å². The number of piperazine rings is 1. The van der Waals surface area contributed by atoms with Gasteiger partial charge in [0.25, 0.3) is 11.1 Å². The molecule has 3 aliphatic heterocycles. The zero-order valence-electron chi connectivity index (χ0n) is 19.2. The topological polar surface area (TPSA) is 97.8 Å². The van der Waals surface area contributed by atoms with E-state index in [1.54, 1.807) is 6.08 Å². The molecule has 3 aliphatic rings. The average molecular weight is 481 g/mol. The molecule has 3 fully saturated rings. The largest absolute Gasteiger partial charge is 0.370 e. The lowest BCUT2D eigenvalue weighted by molar-refractivity contribution is -0.115. The van der Waals surface area contributed by atoms with Gasteiger partial charge in [-0.15, -0.1) is 0 Å². The average Bonchev–Trinajstić information content (AvgIpc) is 3.02. The molecule has 2 aromatic heterocycles. The molecule has 1 N–H and O–H groups in total. The molecule has 11 heteroatoms. The minimum atomic E-state index is -0.376. The Morgan fingerprint density at radius 2 is 1.62 bits per heavy atom. The van der Waals surface area contributed by atoms with E-state index in [2.05, 4.69) is 36.9 Å². The van der Waals surface area contributed by atoms with E-state index >= 15 is 0 Å². The Labute approximate surface area is 203 Å². The van der Waals surface area contributed by atoms with E-state index in [0.29, 0.717) is 16.5 Å². The van der Waals surface area contributed by atoms with Crippen molar-refractivity contribution in [1.29, 1.82) is 0 Å². The Balaban J connectivity index is 1.42. The lowest BCUT2D eigenvalue weighted by atomic mass is 10.3. The van der Waals surface area contributed by atoms with Crippen LogP contribution in [0.4, 0.5) is 22.2 Å². The highest BCUT2D eigenvalue weighted by Gasteiger charge is 2.26. The SMILES string of the molecule is CN1CCN(c2cc(/C=C3\SC(=O)NC3=O)nc(N3CCCN(c4ccncc4)CC3)n2)CC1. The summed E-state index contributed by atoms with van der Waals surface area (Å²) in [5, 5.41) is 1.96. The molecule has 34 heavy (non-hydrogen) atoms. The molecule has 3 saturated heterocycles. The highest BCUT2D eigenvalue weighted by molar-refractivity contribution is 8.18. The van der Waals surface area contributed by atoms with Crippen LogP contribution < -0.4 is 20.0 Å². The van der Waals surface area contributed by atoms with E-state index in [1.807, 2.05) is 30.6 Å². The van der Waals surface area contributed by atoms with Crippen LogP contribution in [0, 0.1) is 0 Å². The van der Waals surface area contributed by atoms with Gasteiger partial charge in [-0.05, 0) is 43.4 Å². The van der Waals surface area contributed by atoms with Crippen LogP contribution in [-0.4, -0.2) is 90.4 Å². The van der Waals surface area contributed by atoms with Crippen molar-refractivity contribution in [2.24, 2.45) is 0 Å². The molecule has 2 amide bonds. The number of anilines is 3. The second kappa shape index (κ2) is 9.98. The second-order valence-corrected chi connectivity index (χ2v) is 9.64. The number of imide groups is 1. The quantitative estimate of drug-likeness (QED) is 0.651. The van der Waals surface area contributed by atoms with Crippen LogP contribution in [0.3, 0.4) is 0 Å². The van der Waals surface area contributed by atoms with Crippen molar-refractivity contribution in [3.8, 4) is 0 Å². The summed E-state index contributed by atoms with van der Waals surface area (Å²) in [5.74, 6) is 1.14. The molecule has 0 spiro atoms. The molecule has 0 atom stereocenters. The molecule has 0 bridgehead atoms. The van der Waals surface area contributed by atoms with Gasteiger partial charge in [-0.25, -0.2) is 4.98 Å². The Morgan fingerprint density at radius 1 is 0.912 bits per heavy atom. The van der Waals surface area contributed by atoms with Crippen LogP contribution in [0.2, 0.25) is 0 Å². The molecule has 5 rings (SSSR count). The fourth-order valence-electron chi connectivity index (χ4n) is 4.34. The first-order valence-corrected chi connectivity index (χ1v) is 12.3. The summed E-state index contributed by atoms with van der Waals surface area (Å²) in [6.45, 7) is 7.14. The first-order valence-electron chi connectivity index (χ1n) is 11.5. The summed E-state index contributed by atoms with van der Waals surface area (Å²) in [6, 6.07) is 5.99. The van der Waals surface area contributed by atoms with Crippen LogP contribution in [0.5, 0.6) is 0 Å². The highest BCUT2D eigenvalue weighted by Crippen LogP contribution is 2.28. The number of amides is 2. The second-order valence-electron chi connectivity index (χ2n) is 8.63. The standard InChI is InChI=1S/C23H28N8O2S/c1-28-9-11-30(12-10-28)20-16-17(15-19-21(32)27-23(33)34-19)25-22(26-20)31-8-2-7-29(13-14-31)18-3-5-24-6-4-18/h3-6,15-16H,2,7-14H2,1H3,(H,27,32,33)/b19-15-. The minimum Gasteiger partial charge on any atom is -0.370 e. The van der Waals surface area contributed by atoms with Gasteiger partial charge < -0.3 is 19.6 Å². The first kappa shape index (κ1) is 22.6. The van der Waals surface area contributed by atoms with Gasteiger partial charge in [-0.1, -0.05) is 0 Å². The minimum absolute atomic E-state index is 0.353. The lowest BCUT2D eigenvalue weighted by Gasteiger charge is -2.34. The zero-order valence-corrected chi connectivity index (χ0v) is 20.0. The number of thioether (sulfide) groups is 1. The molecular weight excluding hydrogens is 452 g/mol. The van der Waals surface area contributed by atoms with Gasteiger partial charge >= 0.3 is 0 Å². The monoisotopic (exact) mass is 480 g/mol. The summed E-state index contributed by atoms with van der Waals surface area (Å²) < 4.78 is 0. The van der Waals surface area contributed by atoms with Gasteiger partial charge in [0, 0.05) is 76.5 Å². The summed E-state index contributed by atoms with van der Waals surface area (Å²) in [5.41, 5.74) is 1.81. The van der Waals surface area contributed by atoms with Gasteiger partial charge in [0.2, 0.25) is 5.95 Å².